The quantitative estimate of drug-likeness (QED) is 0.194. The molecule has 3 fully saturated rings. The molecule has 0 spiro atoms. The minimum Gasteiger partial charge on any atom is -0.460 e. The average Bonchev–Trinajstić information content (AvgIpc) is 3.42. The number of cyclic esters (lactones) is 1. The molecule has 0 aromatic heterocycles. The SMILES string of the molecule is C/C(=C/C=C\C[C@H](O)C[C@@H]1CCC[C@@H]2O[C@](O)(CC[C@H]3CC[C@H](O3)C(=O)O1)[C@H](O)[C@H](O)[C@H]2C)C/C=C\C=C/CCO. The summed E-state index contributed by atoms with van der Waals surface area (Å²) in [6, 6.07) is 0. The van der Waals surface area contributed by atoms with Crippen LogP contribution < -0.4 is 0 Å². The molecule has 0 aromatic rings. The number of carbonyl (C=O) groups excluding carboxylic acids is 1. The van der Waals surface area contributed by atoms with Gasteiger partial charge >= 0.3 is 5.97 Å². The Morgan fingerprint density at radius 2 is 1.85 bits per heavy atom. The van der Waals surface area contributed by atoms with Gasteiger partial charge in [-0.25, -0.2) is 4.79 Å². The van der Waals surface area contributed by atoms with Crippen molar-refractivity contribution in [3.8, 4) is 0 Å². The topological polar surface area (TPSA) is 146 Å². The summed E-state index contributed by atoms with van der Waals surface area (Å²) in [7, 11) is 0. The minimum absolute atomic E-state index is 0.0946. The lowest BCUT2D eigenvalue weighted by molar-refractivity contribution is -0.340. The Balaban J connectivity index is 1.57. The van der Waals surface area contributed by atoms with E-state index in [1.807, 2.05) is 49.5 Å². The van der Waals surface area contributed by atoms with Crippen LogP contribution in [0.5, 0.6) is 0 Å². The number of esters is 1. The van der Waals surface area contributed by atoms with Crippen molar-refractivity contribution in [1.29, 1.82) is 0 Å². The first kappa shape index (κ1) is 33.6. The molecule has 9 atom stereocenters. The van der Waals surface area contributed by atoms with Gasteiger partial charge < -0.3 is 39.7 Å². The first-order valence-corrected chi connectivity index (χ1v) is 15.2. The van der Waals surface area contributed by atoms with Gasteiger partial charge in [-0.05, 0) is 64.7 Å². The number of allylic oxidation sites excluding steroid dienone is 6. The van der Waals surface area contributed by atoms with Gasteiger partial charge in [0.05, 0.1) is 24.4 Å². The molecule has 0 aliphatic carbocycles. The third-order valence-electron chi connectivity index (χ3n) is 8.34. The second kappa shape index (κ2) is 16.7. The summed E-state index contributed by atoms with van der Waals surface area (Å²) in [5.41, 5.74) is 1.17. The molecule has 3 heterocycles. The van der Waals surface area contributed by atoms with Crippen molar-refractivity contribution in [3.05, 3.63) is 48.1 Å². The Bertz CT molecular complexity index is 928. The summed E-state index contributed by atoms with van der Waals surface area (Å²) in [6.45, 7) is 3.97. The van der Waals surface area contributed by atoms with Crippen LogP contribution in [0.15, 0.2) is 48.1 Å². The van der Waals surface area contributed by atoms with Gasteiger partial charge in [0, 0.05) is 25.4 Å². The molecule has 0 amide bonds. The van der Waals surface area contributed by atoms with E-state index in [1.165, 1.54) is 5.57 Å². The van der Waals surface area contributed by atoms with E-state index in [4.69, 9.17) is 19.3 Å². The maximum Gasteiger partial charge on any atom is 0.335 e. The Hall–Kier alpha value is -1.85. The van der Waals surface area contributed by atoms with Gasteiger partial charge in [0.2, 0.25) is 0 Å². The van der Waals surface area contributed by atoms with E-state index in [9.17, 15) is 25.2 Å². The van der Waals surface area contributed by atoms with E-state index in [-0.39, 0.29) is 31.5 Å². The molecule has 0 unspecified atom stereocenters. The number of carbonyl (C=O) groups is 1. The van der Waals surface area contributed by atoms with Gasteiger partial charge in [-0.3, -0.25) is 0 Å². The highest BCUT2D eigenvalue weighted by molar-refractivity contribution is 5.75. The molecule has 3 rings (SSSR count). The highest BCUT2D eigenvalue weighted by atomic mass is 16.7. The molecule has 9 heteroatoms. The van der Waals surface area contributed by atoms with E-state index < -0.39 is 48.4 Å². The van der Waals surface area contributed by atoms with E-state index >= 15 is 0 Å². The molecule has 232 valence electrons. The molecule has 0 aromatic carbocycles. The maximum atomic E-state index is 12.9. The predicted octanol–water partition coefficient (Wildman–Crippen LogP) is 3.38. The van der Waals surface area contributed by atoms with Crippen molar-refractivity contribution in [2.24, 2.45) is 5.92 Å². The van der Waals surface area contributed by atoms with E-state index in [1.54, 1.807) is 6.92 Å². The fraction of sp³-hybridized carbons (Fsp3) is 0.719. The number of hydrogen-bond donors (Lipinski definition) is 5. The molecule has 41 heavy (non-hydrogen) atoms. The van der Waals surface area contributed by atoms with Gasteiger partial charge in [-0.15, -0.1) is 0 Å². The number of aliphatic hydroxyl groups excluding tert-OH is 4. The van der Waals surface area contributed by atoms with Crippen molar-refractivity contribution in [3.63, 3.8) is 0 Å². The minimum atomic E-state index is -1.87. The molecule has 3 aliphatic rings. The van der Waals surface area contributed by atoms with Crippen LogP contribution in [0.25, 0.3) is 0 Å². The number of aliphatic hydroxyl groups is 5. The monoisotopic (exact) mass is 578 g/mol. The van der Waals surface area contributed by atoms with Gasteiger partial charge in [0.1, 0.15) is 12.2 Å². The van der Waals surface area contributed by atoms with Gasteiger partial charge in [-0.2, -0.15) is 0 Å². The van der Waals surface area contributed by atoms with E-state index in [2.05, 4.69) is 0 Å². The van der Waals surface area contributed by atoms with Crippen LogP contribution >= 0.6 is 0 Å². The molecule has 5 N–H and O–H groups in total. The molecule has 9 nitrogen and oxygen atoms in total. The zero-order chi connectivity index (χ0) is 29.8. The van der Waals surface area contributed by atoms with Crippen molar-refractivity contribution >= 4 is 5.97 Å². The van der Waals surface area contributed by atoms with Crippen molar-refractivity contribution < 1.29 is 44.5 Å². The lowest BCUT2D eigenvalue weighted by atomic mass is 9.82. The first-order chi connectivity index (χ1) is 19.6. The first-order valence-electron chi connectivity index (χ1n) is 15.2. The number of fused-ring (bicyclic) bond motifs is 4. The van der Waals surface area contributed by atoms with Gasteiger partial charge in [0.25, 0.3) is 0 Å². The lowest BCUT2D eigenvalue weighted by Gasteiger charge is -2.47. The highest BCUT2D eigenvalue weighted by Crippen LogP contribution is 2.38. The molecule has 3 saturated heterocycles. The Morgan fingerprint density at radius 3 is 2.63 bits per heavy atom. The summed E-state index contributed by atoms with van der Waals surface area (Å²) in [5, 5.41) is 51.8. The van der Waals surface area contributed by atoms with Crippen LogP contribution in [0.4, 0.5) is 0 Å². The normalized spacial score (nSPS) is 36.6. The molecule has 0 saturated carbocycles. The van der Waals surface area contributed by atoms with Crippen molar-refractivity contribution in [2.75, 3.05) is 6.61 Å². The van der Waals surface area contributed by atoms with Gasteiger partial charge in [-0.1, -0.05) is 55.0 Å². The number of hydrogen-bond acceptors (Lipinski definition) is 9. The summed E-state index contributed by atoms with van der Waals surface area (Å²) in [4.78, 5) is 12.9. The van der Waals surface area contributed by atoms with Crippen LogP contribution in [0.3, 0.4) is 0 Å². The highest BCUT2D eigenvalue weighted by Gasteiger charge is 2.51. The zero-order valence-electron chi connectivity index (χ0n) is 24.5. The summed E-state index contributed by atoms with van der Waals surface area (Å²) in [5.74, 6) is -2.67. The second-order valence-electron chi connectivity index (χ2n) is 11.8. The third-order valence-corrected chi connectivity index (χ3v) is 8.34. The molecule has 3 aliphatic heterocycles. The molecule has 4 bridgehead atoms. The Kier molecular flexibility index (Phi) is 13.7. The van der Waals surface area contributed by atoms with Crippen LogP contribution in [-0.4, -0.2) is 86.6 Å². The molecular formula is C32H50O9. The smallest absolute Gasteiger partial charge is 0.335 e. The van der Waals surface area contributed by atoms with Gasteiger partial charge in [0.15, 0.2) is 11.9 Å². The third kappa shape index (κ3) is 10.4. The lowest BCUT2D eigenvalue weighted by Crippen LogP contribution is -2.61. The standard InChI is InChI=1S/C32H50O9/c1-22(11-6-4-3-5-9-20-33)12-7-8-13-24(34)21-26-14-10-15-27-23(2)29(35)30(36)32(38,41-27)19-18-25-16-17-28(39-25)31(37)40-26/h3-8,12,23-30,33-36,38H,9-11,13-21H2,1-2H3/b5-3-,6-4-,8-7-,22-12-/t23-,24-,25+,26-,27-,28-,29+,30+,32+/m0/s1. The molecule has 0 radical (unpaired) electrons. The summed E-state index contributed by atoms with van der Waals surface area (Å²) < 4.78 is 17.7. The predicted molar refractivity (Wildman–Crippen MR) is 155 cm³/mol. The summed E-state index contributed by atoms with van der Waals surface area (Å²) >= 11 is 0. The number of ether oxygens (including phenoxy) is 3. The van der Waals surface area contributed by atoms with Crippen molar-refractivity contribution in [2.45, 2.75) is 133 Å². The molecular weight excluding hydrogens is 528 g/mol. The second-order valence-corrected chi connectivity index (χ2v) is 11.8. The average molecular weight is 579 g/mol. The van der Waals surface area contributed by atoms with Crippen LogP contribution in [0.2, 0.25) is 0 Å². The fourth-order valence-corrected chi connectivity index (χ4v) is 5.73. The van der Waals surface area contributed by atoms with E-state index in [0.717, 1.165) is 6.42 Å². The largest absolute Gasteiger partial charge is 0.460 e. The van der Waals surface area contributed by atoms with Crippen LogP contribution in [0, 0.1) is 5.92 Å². The number of rotatable bonds is 10. The fourth-order valence-electron chi connectivity index (χ4n) is 5.73. The van der Waals surface area contributed by atoms with Crippen LogP contribution in [0.1, 0.15) is 84.5 Å². The Labute approximate surface area is 244 Å². The maximum absolute atomic E-state index is 12.9. The van der Waals surface area contributed by atoms with Crippen LogP contribution in [-0.2, 0) is 19.0 Å². The Morgan fingerprint density at radius 1 is 1.07 bits per heavy atom. The van der Waals surface area contributed by atoms with Crippen molar-refractivity contribution in [1.82, 2.24) is 0 Å². The zero-order valence-corrected chi connectivity index (χ0v) is 24.5. The van der Waals surface area contributed by atoms with E-state index in [0.29, 0.717) is 51.4 Å². The summed E-state index contributed by atoms with van der Waals surface area (Å²) in [6.07, 6.45) is 13.8.